The fourth-order valence-electron chi connectivity index (χ4n) is 13.8. The summed E-state index contributed by atoms with van der Waals surface area (Å²) in [5, 5.41) is 108. The Hall–Kier alpha value is -6.16. The monoisotopic (exact) mass is 1970 g/mol. The van der Waals surface area contributed by atoms with Crippen LogP contribution in [0.5, 0.6) is 0 Å². The number of phosphoric ester groups is 1. The first-order valence-corrected chi connectivity index (χ1v) is 46.6. The third-order valence-electron chi connectivity index (χ3n) is 20.4. The van der Waals surface area contributed by atoms with Gasteiger partial charge in [-0.2, -0.15) is 8.62 Å². The van der Waals surface area contributed by atoms with Crippen LogP contribution in [0.25, 0.3) is 82.4 Å². The smallest absolute Gasteiger partial charge is 0.397 e. The molecule has 0 amide bonds. The molecule has 668 valence electrons. The Labute approximate surface area is 739 Å². The molecule has 0 aliphatic carbocycles. The van der Waals surface area contributed by atoms with Gasteiger partial charge in [0.05, 0.1) is 177 Å². The van der Waals surface area contributed by atoms with Crippen molar-refractivity contribution in [2.75, 3.05) is 73.6 Å². The minimum atomic E-state index is -5.79. The zero-order valence-electron chi connectivity index (χ0n) is 62.6. The number of pyridine rings is 4. The Morgan fingerprint density at radius 1 is 0.496 bits per heavy atom. The molecule has 10 aromatic heterocycles. The van der Waals surface area contributed by atoms with Crippen molar-refractivity contribution in [1.29, 1.82) is 0 Å². The van der Waals surface area contributed by atoms with E-state index in [1.54, 1.807) is 72.8 Å². The molecule has 0 bridgehead atoms. The second-order valence-corrected chi connectivity index (χ2v) is 38.2. The van der Waals surface area contributed by atoms with Crippen LogP contribution in [0.1, 0.15) is 84.8 Å². The molecule has 21 N–H and O–H groups in total. The molecule has 5 fully saturated rings. The number of fused-ring (bicyclic) bond motifs is 5. The van der Waals surface area contributed by atoms with E-state index < -0.39 is 168 Å². The van der Waals surface area contributed by atoms with Crippen molar-refractivity contribution in [3.05, 3.63) is 147 Å². The van der Waals surface area contributed by atoms with E-state index in [9.17, 15) is 73.8 Å². The number of alkyl halides is 6. The Morgan fingerprint density at radius 3 is 1.23 bits per heavy atom. The number of nitrogen functional groups attached to an aromatic ring is 4. The molecule has 0 spiro atoms. The lowest BCUT2D eigenvalue weighted by Crippen LogP contribution is -2.47. The number of aliphatic hydroxyl groups excluding tert-OH is 9. The third kappa shape index (κ3) is 19.6. The molecule has 5 aliphatic heterocycles. The van der Waals surface area contributed by atoms with Gasteiger partial charge in [-0.1, -0.05) is 29.7 Å². The van der Waals surface area contributed by atoms with Crippen molar-refractivity contribution in [2.45, 2.75) is 146 Å². The number of nitrogens with two attached hydrogens (primary N) is 4. The number of hydrogen-bond acceptors (Lipinski definition) is 38. The molecule has 0 aromatic carbocycles. The Balaban J connectivity index is 0.000000163. The van der Waals surface area contributed by atoms with Crippen LogP contribution in [0.4, 0.5) is 27.1 Å². The van der Waals surface area contributed by atoms with Crippen LogP contribution in [0.2, 0.25) is 0 Å². The number of hydrogen-bond donors (Lipinski definition) is 17. The fraction of sp³-hybridized carbons (Fsp3) is 0.485. The van der Waals surface area contributed by atoms with Gasteiger partial charge in [0.2, 0.25) is 0 Å². The summed E-state index contributed by atoms with van der Waals surface area (Å²) in [6, 6.07) is 5.02. The summed E-state index contributed by atoms with van der Waals surface area (Å²) in [7, 11) is -17.0. The summed E-state index contributed by atoms with van der Waals surface area (Å²) in [6.07, 6.45) is -4.68. The lowest BCUT2D eigenvalue weighted by Gasteiger charge is -2.28. The maximum atomic E-state index is 14.4. The highest BCUT2D eigenvalue weighted by Gasteiger charge is 2.60. The van der Waals surface area contributed by atoms with Gasteiger partial charge < -0.3 is 112 Å². The molecule has 123 heavy (non-hydrogen) atoms. The van der Waals surface area contributed by atoms with Gasteiger partial charge in [-0.05, 0) is 81.1 Å². The van der Waals surface area contributed by atoms with E-state index in [1.165, 1.54) is 69.2 Å². The number of phosphoric acid groups is 3. The number of nitrogens with zero attached hydrogens (tertiary/aromatic N) is 15. The minimum Gasteiger partial charge on any atom is -0.397 e. The Bertz CT molecular complexity index is 5490. The first-order valence-electron chi connectivity index (χ1n) is 35.2. The summed E-state index contributed by atoms with van der Waals surface area (Å²) >= 11 is 36.9. The van der Waals surface area contributed by atoms with Gasteiger partial charge in [0, 0.05) is 67.3 Å². The van der Waals surface area contributed by atoms with Gasteiger partial charge in [0.1, 0.15) is 65.4 Å². The molecule has 5 saturated heterocycles. The normalized spacial score (nSPS) is 30.6. The van der Waals surface area contributed by atoms with Crippen LogP contribution in [0.3, 0.4) is 0 Å². The summed E-state index contributed by atoms with van der Waals surface area (Å²) in [6.45, 7) is 0.467. The van der Waals surface area contributed by atoms with Crippen molar-refractivity contribution in [3.63, 3.8) is 0 Å². The minimum absolute atomic E-state index is 0. The number of rotatable bonds is 23. The van der Waals surface area contributed by atoms with Crippen LogP contribution in [0.15, 0.2) is 97.6 Å². The molecule has 0 saturated carbocycles. The van der Waals surface area contributed by atoms with E-state index in [4.69, 9.17) is 131 Å². The van der Waals surface area contributed by atoms with Crippen molar-refractivity contribution in [2.24, 2.45) is 15.3 Å². The molecule has 15 heterocycles. The second-order valence-electron chi connectivity index (χ2n) is 27.6. The zero-order valence-corrected chi connectivity index (χ0v) is 73.1. The van der Waals surface area contributed by atoms with Crippen LogP contribution in [0, 0.1) is 6.92 Å². The predicted octanol–water partition coefficient (Wildman–Crippen LogP) is 10.6. The summed E-state index contributed by atoms with van der Waals surface area (Å²) in [5.74, 6) is -0.405. The van der Waals surface area contributed by atoms with Crippen LogP contribution in [-0.2, 0) is 50.5 Å². The van der Waals surface area contributed by atoms with Crippen molar-refractivity contribution < 1.29 is 120 Å². The van der Waals surface area contributed by atoms with E-state index in [0.29, 0.717) is 89.4 Å². The number of aryl methyl sites for hydroxylation is 1. The number of halogens is 6. The van der Waals surface area contributed by atoms with E-state index in [0.717, 1.165) is 24.4 Å². The molecule has 2 unspecified atom stereocenters. The molecule has 15 rings (SSSR count). The first kappa shape index (κ1) is 99.0. The molecule has 0 radical (unpaired) electrons. The lowest BCUT2D eigenvalue weighted by molar-refractivity contribution is -0.113. The van der Waals surface area contributed by atoms with Gasteiger partial charge in [-0.15, -0.1) is 115 Å². The zero-order chi connectivity index (χ0) is 89.1. The van der Waals surface area contributed by atoms with Crippen molar-refractivity contribution in [3.8, 4) is 0 Å². The van der Waals surface area contributed by atoms with Gasteiger partial charge in [0.15, 0.2) is 11.9 Å². The molecule has 5 aliphatic rings. The molecule has 10 aromatic rings. The highest BCUT2D eigenvalue weighted by atomic mass is 35.5. The predicted molar refractivity (Wildman–Crippen MR) is 458 cm³/mol. The first-order chi connectivity index (χ1) is 57.8. The number of azide groups is 3. The fourth-order valence-corrected chi connectivity index (χ4v) is 23.5. The maximum Gasteiger partial charge on any atom is 0.490 e. The summed E-state index contributed by atoms with van der Waals surface area (Å²) < 4.78 is 93.2. The molecule has 22 atom stereocenters. The Morgan fingerprint density at radius 2 is 0.846 bits per heavy atom. The number of anilines is 4. The summed E-state index contributed by atoms with van der Waals surface area (Å²) in [4.78, 5) is 69.6. The number of ether oxygens (including phenoxy) is 5. The number of aliphatic hydroxyl groups is 9. The average molecular weight is 1970 g/mol. The van der Waals surface area contributed by atoms with Gasteiger partial charge in [-0.25, -0.2) is 28.1 Å². The van der Waals surface area contributed by atoms with Gasteiger partial charge in [-0.3, -0.25) is 24.5 Å². The molecular formula is C66H78Cl5FN19O24P3S5. The molecule has 57 heteroatoms. The molecule has 43 nitrogen and oxygen atoms in total. The van der Waals surface area contributed by atoms with E-state index in [1.807, 2.05) is 10.8 Å². The van der Waals surface area contributed by atoms with Crippen molar-refractivity contribution >= 4 is 212 Å². The topological polar surface area (TPSA) is 716 Å². The number of thiophene rings is 5. The maximum absolute atomic E-state index is 14.4. The average Bonchev–Trinajstić information content (AvgIpc) is 1.63. The highest BCUT2D eigenvalue weighted by Crippen LogP contribution is 2.67. The third-order valence-corrected chi connectivity index (χ3v) is 31.7. The number of aromatic nitrogens is 6. The van der Waals surface area contributed by atoms with Gasteiger partial charge >= 0.3 is 23.5 Å². The van der Waals surface area contributed by atoms with E-state index in [2.05, 4.69) is 73.1 Å². The largest absolute Gasteiger partial charge is 0.490 e. The standard InChI is InChI=1S/C14H17N5O3S.C13H14Cl2N2O3S.C13H14ClFN2O3S.C13H14ClN5O3S.C12H15ClN5O12P3S.CH4/c1-2-14(6-20)13(21)10(18-19-16)11(22-14)7-5-23-12-8(15)3-4-17-9(7)12;2*14-4-13(5-18)12(19)8(15)10(20-13)6-3-21-11-7(16)1-2-17-9(6)11;14-4-13(5-20)12(21)9(18-19-16)10(22-13)6-3-23-11-7(15)1-2-17-8(6)11;1-5-10-8(16-4-15-5)6(2-34-10)9-7(13)11(19)12(28-9,17-18-14)3-27-32(23,24)30-33(25,26)29-31(20,21)22;/h3-5,10-11,13,20-21H,2,6H2,1H3,(H2,15,17);2*1-3,8,10,12,18-19H,4-5H2,(H2,16,17);1-3,9-10,12,20-21H,4-5H2,(H2,15,17);2,4,7,9,11,19H,3H2,1H3,(H,23,24)(H,25,26)(H2,20,21,22);1H4/t10-,11-,13-,14+;2*8-,10-,12-,13+;9-,10-,12-,13+;7-,9-,11-,12+;/m00000./s1. The van der Waals surface area contributed by atoms with Crippen LogP contribution < -0.4 is 22.9 Å². The quantitative estimate of drug-likeness (QED) is 0.00930. The van der Waals surface area contributed by atoms with E-state index in [-0.39, 0.29) is 31.7 Å². The van der Waals surface area contributed by atoms with Crippen LogP contribution >= 0.6 is 138 Å². The highest BCUT2D eigenvalue weighted by molar-refractivity contribution is 7.66. The second kappa shape index (κ2) is 40.2. The summed E-state index contributed by atoms with van der Waals surface area (Å²) in [5.41, 5.74) is 51.5. The van der Waals surface area contributed by atoms with Gasteiger partial charge in [0.25, 0.3) is 0 Å². The van der Waals surface area contributed by atoms with Crippen molar-refractivity contribution in [1.82, 2.24) is 29.9 Å². The van der Waals surface area contributed by atoms with E-state index >= 15 is 0 Å². The lowest BCUT2D eigenvalue weighted by atomic mass is 9.90. The molecular weight excluding hydrogens is 1890 g/mol. The Kier molecular flexibility index (Phi) is 32.4. The SMILES string of the molecule is C.CC[C@]1(CO)O[C@@H](c2csc3c(N)ccnc23)[C@H](N=[N+]=[N-])[C@@H]1O.Cc1ncnc2c([C@@H]3O[C@@](COP(=O)(O)OP(=O)(O)OP(=O)(O)O)(N=[N+]=[N-])[C@@H](O)[C@H]3Cl)csc12.Nc1ccnc2c([C@@H]3O[C@@](CO)(CCl)[C@@H](O)[C@H]3Cl)csc12.Nc1ccnc2c([C@@H]3O[C@@](CO)(CCl)[C@@H](O)[C@H]3F)csc12.[N-]=[N+]=N[C@H]1[C@H](c2csc3c(N)ccnc23)O[C@@](CO)(CCl)[C@H]1O. The van der Waals surface area contributed by atoms with Crippen LogP contribution in [-0.4, -0.2) is 234 Å².